The van der Waals surface area contributed by atoms with E-state index in [4.69, 9.17) is 9.84 Å². The maximum atomic E-state index is 13.8. The molecule has 3 aliphatic rings. The van der Waals surface area contributed by atoms with Gasteiger partial charge < -0.3 is 20.1 Å². The average molecular weight is 484 g/mol. The number of hydrogen-bond donors (Lipinski definition) is 2. The second-order valence-electron chi connectivity index (χ2n) is 9.49. The molecule has 2 aromatic carbocycles. The number of piperidine rings is 1. The number of carbonyl (C=O) groups excluding carboxylic acids is 2. The lowest BCUT2D eigenvalue weighted by molar-refractivity contribution is -0.169. The molecular formula is C26H26F2N2O5. The molecule has 7 nitrogen and oxygen atoms in total. The number of hydrogen-bond acceptors (Lipinski definition) is 4. The molecule has 2 aromatic rings. The van der Waals surface area contributed by atoms with E-state index in [0.717, 1.165) is 22.3 Å². The second-order valence-corrected chi connectivity index (χ2v) is 9.49. The van der Waals surface area contributed by atoms with E-state index in [1.165, 1.54) is 4.90 Å². The molecular weight excluding hydrogens is 458 g/mol. The molecule has 1 saturated heterocycles. The number of alkyl halides is 2. The predicted octanol–water partition coefficient (Wildman–Crippen LogP) is 3.73. The summed E-state index contributed by atoms with van der Waals surface area (Å²) in [6.45, 7) is -0.242. The van der Waals surface area contributed by atoms with Crippen LogP contribution in [-0.2, 0) is 14.3 Å². The third kappa shape index (κ3) is 4.47. The summed E-state index contributed by atoms with van der Waals surface area (Å²) >= 11 is 0. The van der Waals surface area contributed by atoms with Crippen LogP contribution in [0.3, 0.4) is 0 Å². The predicted molar refractivity (Wildman–Crippen MR) is 122 cm³/mol. The maximum Gasteiger partial charge on any atom is 0.407 e. The van der Waals surface area contributed by atoms with Gasteiger partial charge in [-0.3, -0.25) is 9.59 Å². The van der Waals surface area contributed by atoms with Crippen LogP contribution in [-0.4, -0.2) is 60.1 Å². The van der Waals surface area contributed by atoms with Crippen molar-refractivity contribution in [1.82, 2.24) is 10.2 Å². The van der Waals surface area contributed by atoms with Crippen molar-refractivity contribution >= 4 is 18.0 Å². The Morgan fingerprint density at radius 2 is 1.69 bits per heavy atom. The van der Waals surface area contributed by atoms with Crippen molar-refractivity contribution < 1.29 is 33.0 Å². The van der Waals surface area contributed by atoms with E-state index in [0.29, 0.717) is 6.42 Å². The molecule has 184 valence electrons. The molecule has 2 fully saturated rings. The van der Waals surface area contributed by atoms with Crippen molar-refractivity contribution in [1.29, 1.82) is 0 Å². The lowest BCUT2D eigenvalue weighted by Gasteiger charge is -2.36. The highest BCUT2D eigenvalue weighted by atomic mass is 19.3. The molecule has 2 N–H and O–H groups in total. The third-order valence-electron chi connectivity index (χ3n) is 7.33. The van der Waals surface area contributed by atoms with E-state index in [-0.39, 0.29) is 37.4 Å². The van der Waals surface area contributed by atoms with Crippen LogP contribution >= 0.6 is 0 Å². The first-order valence-electron chi connectivity index (χ1n) is 11.7. The normalized spacial score (nSPS) is 24.3. The average Bonchev–Trinajstić information content (AvgIpc) is 3.55. The van der Waals surface area contributed by atoms with Crippen LogP contribution < -0.4 is 5.32 Å². The summed E-state index contributed by atoms with van der Waals surface area (Å²) in [7, 11) is 0. The third-order valence-corrected chi connectivity index (χ3v) is 7.33. The Morgan fingerprint density at radius 1 is 1.06 bits per heavy atom. The SMILES string of the molecule is O=C(NC[C@H]1C[C@H]1C(=O)N1CCC(F)(F)C(C(=O)O)C1)OCC1c2ccccc2-c2ccccc21. The molecule has 35 heavy (non-hydrogen) atoms. The number of aliphatic carboxylic acids is 1. The molecule has 1 heterocycles. The number of carboxylic acid groups (broad SMARTS) is 1. The first-order valence-corrected chi connectivity index (χ1v) is 11.7. The molecule has 0 radical (unpaired) electrons. The van der Waals surface area contributed by atoms with Gasteiger partial charge in [-0.2, -0.15) is 0 Å². The second kappa shape index (κ2) is 8.94. The Morgan fingerprint density at radius 3 is 2.31 bits per heavy atom. The molecule has 3 atom stereocenters. The number of nitrogens with zero attached hydrogens (tertiary/aromatic N) is 1. The molecule has 9 heteroatoms. The Hall–Kier alpha value is -3.49. The fourth-order valence-corrected chi connectivity index (χ4v) is 5.24. The highest BCUT2D eigenvalue weighted by Crippen LogP contribution is 2.45. The van der Waals surface area contributed by atoms with Crippen LogP contribution in [0.25, 0.3) is 11.1 Å². The van der Waals surface area contributed by atoms with E-state index in [1.807, 2.05) is 36.4 Å². The van der Waals surface area contributed by atoms with Gasteiger partial charge in [-0.25, -0.2) is 13.6 Å². The smallest absolute Gasteiger partial charge is 0.407 e. The minimum Gasteiger partial charge on any atom is -0.481 e. The summed E-state index contributed by atoms with van der Waals surface area (Å²) in [6, 6.07) is 16.1. The fraction of sp³-hybridized carbons (Fsp3) is 0.423. The van der Waals surface area contributed by atoms with Gasteiger partial charge in [0.15, 0.2) is 0 Å². The Kier molecular flexibility index (Phi) is 5.94. The maximum absolute atomic E-state index is 13.8. The lowest BCUT2D eigenvalue weighted by atomic mass is 9.93. The Labute approximate surface area is 201 Å². The van der Waals surface area contributed by atoms with Gasteiger partial charge in [-0.05, 0) is 34.6 Å². The molecule has 0 aromatic heterocycles. The number of nitrogens with one attached hydrogen (secondary N) is 1. The minimum atomic E-state index is -3.32. The van der Waals surface area contributed by atoms with E-state index < -0.39 is 42.8 Å². The number of halogens is 2. The van der Waals surface area contributed by atoms with Gasteiger partial charge in [0.05, 0.1) is 0 Å². The van der Waals surface area contributed by atoms with Gasteiger partial charge >= 0.3 is 12.1 Å². The summed E-state index contributed by atoms with van der Waals surface area (Å²) in [6.07, 6.45) is -0.716. The van der Waals surface area contributed by atoms with E-state index >= 15 is 0 Å². The number of carbonyl (C=O) groups is 3. The van der Waals surface area contributed by atoms with Crippen LogP contribution in [0.2, 0.25) is 0 Å². The zero-order valence-corrected chi connectivity index (χ0v) is 19.0. The van der Waals surface area contributed by atoms with Gasteiger partial charge in [0.2, 0.25) is 5.91 Å². The number of ether oxygens (including phenoxy) is 1. The number of likely N-dealkylation sites (tertiary alicyclic amines) is 1. The highest BCUT2D eigenvalue weighted by Gasteiger charge is 2.52. The summed E-state index contributed by atoms with van der Waals surface area (Å²) in [5, 5.41) is 11.8. The first kappa shape index (κ1) is 23.3. The van der Waals surface area contributed by atoms with Gasteiger partial charge in [0.25, 0.3) is 5.92 Å². The van der Waals surface area contributed by atoms with Crippen molar-refractivity contribution in [2.24, 2.45) is 17.8 Å². The van der Waals surface area contributed by atoms with Crippen molar-refractivity contribution in [3.8, 4) is 11.1 Å². The van der Waals surface area contributed by atoms with Crippen LogP contribution in [0.4, 0.5) is 13.6 Å². The van der Waals surface area contributed by atoms with Crippen LogP contribution in [0.1, 0.15) is 29.9 Å². The zero-order chi connectivity index (χ0) is 24.7. The first-order chi connectivity index (χ1) is 16.8. The van der Waals surface area contributed by atoms with Crippen molar-refractivity contribution in [3.05, 3.63) is 59.7 Å². The van der Waals surface area contributed by atoms with Crippen molar-refractivity contribution in [2.75, 3.05) is 26.2 Å². The Balaban J connectivity index is 1.11. The van der Waals surface area contributed by atoms with Gasteiger partial charge in [0.1, 0.15) is 12.5 Å². The van der Waals surface area contributed by atoms with Crippen molar-refractivity contribution in [3.63, 3.8) is 0 Å². The molecule has 2 aliphatic carbocycles. The largest absolute Gasteiger partial charge is 0.481 e. The summed E-state index contributed by atoms with van der Waals surface area (Å²) < 4.78 is 33.2. The van der Waals surface area contributed by atoms with Gasteiger partial charge in [-0.15, -0.1) is 0 Å². The molecule has 0 spiro atoms. The van der Waals surface area contributed by atoms with Gasteiger partial charge in [-0.1, -0.05) is 48.5 Å². The molecule has 2 amide bonds. The van der Waals surface area contributed by atoms with Crippen LogP contribution in [0, 0.1) is 17.8 Å². The molecule has 0 bridgehead atoms. The number of alkyl carbamates (subject to hydrolysis) is 1. The molecule has 5 rings (SSSR count). The quantitative estimate of drug-likeness (QED) is 0.652. The van der Waals surface area contributed by atoms with E-state index in [2.05, 4.69) is 17.4 Å². The van der Waals surface area contributed by atoms with E-state index in [1.54, 1.807) is 0 Å². The molecule has 1 unspecified atom stereocenters. The lowest BCUT2D eigenvalue weighted by Crippen LogP contribution is -2.52. The summed E-state index contributed by atoms with van der Waals surface area (Å²) in [4.78, 5) is 37.4. The standard InChI is InChI=1S/C26H26F2N2O5/c27-26(28)9-10-30(13-22(26)24(32)33)23(31)20-11-15(20)12-29-25(34)35-14-21-18-7-3-1-5-16(18)17-6-2-4-8-19(17)21/h1-8,15,20-22H,9-14H2,(H,29,34)(H,32,33)/t15-,20-,22?/m1/s1. The Bertz CT molecular complexity index is 1120. The summed E-state index contributed by atoms with van der Waals surface area (Å²) in [5.74, 6) is -7.71. The number of carboxylic acids is 1. The fourth-order valence-electron chi connectivity index (χ4n) is 5.24. The van der Waals surface area contributed by atoms with E-state index in [9.17, 15) is 23.2 Å². The monoisotopic (exact) mass is 484 g/mol. The summed E-state index contributed by atoms with van der Waals surface area (Å²) in [5.41, 5.74) is 4.50. The van der Waals surface area contributed by atoms with Gasteiger partial charge in [0, 0.05) is 37.9 Å². The number of rotatable bonds is 6. The molecule has 1 saturated carbocycles. The van der Waals surface area contributed by atoms with Crippen LogP contribution in [0.15, 0.2) is 48.5 Å². The molecule has 1 aliphatic heterocycles. The topological polar surface area (TPSA) is 95.9 Å². The minimum absolute atomic E-state index is 0.0530. The number of amides is 2. The number of fused-ring (bicyclic) bond motifs is 3. The zero-order valence-electron chi connectivity index (χ0n) is 19.0. The van der Waals surface area contributed by atoms with Crippen LogP contribution in [0.5, 0.6) is 0 Å². The highest BCUT2D eigenvalue weighted by molar-refractivity contribution is 5.83. The number of benzene rings is 2. The van der Waals surface area contributed by atoms with Crippen molar-refractivity contribution in [2.45, 2.75) is 24.7 Å².